The van der Waals surface area contributed by atoms with Gasteiger partial charge in [0, 0.05) is 54.2 Å². The summed E-state index contributed by atoms with van der Waals surface area (Å²) >= 11 is 0. The topological polar surface area (TPSA) is 27.3 Å². The first kappa shape index (κ1) is 46.1. The molecular formula is C66H72N2O2. The van der Waals surface area contributed by atoms with Crippen molar-refractivity contribution in [1.29, 1.82) is 0 Å². The van der Waals surface area contributed by atoms with Gasteiger partial charge in [-0.1, -0.05) is 156 Å². The number of nitrogens with zero attached hydrogens (tertiary/aromatic N) is 2. The van der Waals surface area contributed by atoms with Crippen LogP contribution in [0.2, 0.25) is 0 Å². The van der Waals surface area contributed by atoms with E-state index in [1.54, 1.807) is 0 Å². The number of para-hydroxylation sites is 2. The summed E-state index contributed by atoms with van der Waals surface area (Å²) in [7, 11) is 0. The summed E-state index contributed by atoms with van der Waals surface area (Å²) in [5.74, 6) is 1.75. The van der Waals surface area contributed by atoms with E-state index in [0.29, 0.717) is 0 Å². The van der Waals surface area contributed by atoms with Gasteiger partial charge in [0.1, 0.15) is 22.7 Å². The van der Waals surface area contributed by atoms with Crippen LogP contribution in [0.15, 0.2) is 109 Å². The Morgan fingerprint density at radius 1 is 0.314 bits per heavy atom. The smallest absolute Gasteiger partial charge is 0.120 e. The second-order valence-corrected chi connectivity index (χ2v) is 26.7. The molecule has 4 heterocycles. The lowest BCUT2D eigenvalue weighted by molar-refractivity contribution is 0.130. The molecule has 358 valence electrons. The van der Waals surface area contributed by atoms with Crippen molar-refractivity contribution in [2.24, 2.45) is 0 Å². The molecule has 0 aliphatic rings. The summed E-state index contributed by atoms with van der Waals surface area (Å²) in [5, 5.41) is 9.99. The predicted molar refractivity (Wildman–Crippen MR) is 302 cm³/mol. The van der Waals surface area contributed by atoms with E-state index in [2.05, 4.69) is 243 Å². The highest BCUT2D eigenvalue weighted by atomic mass is 16.5. The van der Waals surface area contributed by atoms with Gasteiger partial charge in [0.05, 0.1) is 33.1 Å². The van der Waals surface area contributed by atoms with Gasteiger partial charge in [-0.3, -0.25) is 0 Å². The van der Waals surface area contributed by atoms with Crippen LogP contribution < -0.4 is 9.47 Å². The Balaban J connectivity index is 1.40. The van der Waals surface area contributed by atoms with E-state index in [9.17, 15) is 0 Å². The molecule has 4 heteroatoms. The van der Waals surface area contributed by atoms with E-state index >= 15 is 0 Å². The van der Waals surface area contributed by atoms with Gasteiger partial charge < -0.3 is 18.3 Å². The Kier molecular flexibility index (Phi) is 9.66. The van der Waals surface area contributed by atoms with E-state index < -0.39 is 0 Å². The largest absolute Gasteiger partial charge is 0.488 e. The summed E-state index contributed by atoms with van der Waals surface area (Å²) in [6.45, 7) is 40.9. The molecule has 0 aliphatic carbocycles. The lowest BCUT2D eigenvalue weighted by Crippen LogP contribution is -2.22. The third kappa shape index (κ3) is 7.21. The Morgan fingerprint density at radius 2 is 0.629 bits per heavy atom. The Hall–Kier alpha value is -6.26. The highest BCUT2D eigenvalue weighted by Crippen LogP contribution is 2.55. The van der Waals surface area contributed by atoms with E-state index in [1.165, 1.54) is 121 Å². The fraction of sp³-hybridized carbons (Fsp3) is 0.364. The fourth-order valence-electron chi connectivity index (χ4n) is 11.3. The van der Waals surface area contributed by atoms with Crippen molar-refractivity contribution in [3.63, 3.8) is 0 Å². The number of hydrogen-bond acceptors (Lipinski definition) is 2. The third-order valence-electron chi connectivity index (χ3n) is 14.7. The molecule has 0 spiro atoms. The second-order valence-electron chi connectivity index (χ2n) is 26.7. The maximum absolute atomic E-state index is 6.74. The lowest BCUT2D eigenvalue weighted by Gasteiger charge is -2.26. The minimum Gasteiger partial charge on any atom is -0.488 e. The fourth-order valence-corrected chi connectivity index (χ4v) is 11.3. The molecule has 0 saturated heterocycles. The summed E-state index contributed by atoms with van der Waals surface area (Å²) in [4.78, 5) is 0. The van der Waals surface area contributed by atoms with Crippen molar-refractivity contribution in [3.8, 4) is 33.8 Å². The van der Waals surface area contributed by atoms with Gasteiger partial charge in [-0.25, -0.2) is 0 Å². The predicted octanol–water partition coefficient (Wildman–Crippen LogP) is 18.9. The van der Waals surface area contributed by atoms with E-state index in [1.807, 2.05) is 0 Å². The average molecular weight is 925 g/mol. The number of benzene rings is 7. The number of rotatable bonds is 4. The molecule has 0 atom stereocenters. The van der Waals surface area contributed by atoms with Crippen LogP contribution in [-0.2, 0) is 21.7 Å². The molecule has 0 unspecified atom stereocenters. The van der Waals surface area contributed by atoms with Crippen molar-refractivity contribution in [3.05, 3.63) is 131 Å². The van der Waals surface area contributed by atoms with Gasteiger partial charge in [-0.2, -0.15) is 0 Å². The molecule has 70 heavy (non-hydrogen) atoms. The molecular weight excluding hydrogens is 853 g/mol. The first-order valence-corrected chi connectivity index (χ1v) is 25.6. The number of aromatic nitrogens is 2. The zero-order valence-electron chi connectivity index (χ0n) is 45.1. The molecule has 11 aromatic rings. The molecule has 0 radical (unpaired) electrons. The first-order valence-electron chi connectivity index (χ1n) is 25.6. The van der Waals surface area contributed by atoms with Crippen LogP contribution >= 0.6 is 0 Å². The standard InChI is InChI=1S/C66H72N2O2/c1-61(2,3)39-29-37(30-40(33-39)62(4,5)6)45-21-19-23-47-53-55-50-36-44(70-66(16,17)18)26-28-52(50)68-58-46(38-31-41(63(7,8)9)34-42(32-38)64(10,11)12)22-20-24-48(58)54(60(55)68)56-49-35-43(69-65(13,14)15)25-27-51(49)67(57(45)47)59(53)56/h19-36H,1-18H3. The zero-order valence-corrected chi connectivity index (χ0v) is 45.1. The van der Waals surface area contributed by atoms with Crippen molar-refractivity contribution in [2.75, 3.05) is 0 Å². The summed E-state index contributed by atoms with van der Waals surface area (Å²) in [5.41, 5.74) is 16.8. The van der Waals surface area contributed by atoms with Crippen LogP contribution in [0.3, 0.4) is 0 Å². The third-order valence-corrected chi connectivity index (χ3v) is 14.7. The molecule has 0 aliphatic heterocycles. The zero-order chi connectivity index (χ0) is 50.2. The van der Waals surface area contributed by atoms with Crippen molar-refractivity contribution in [2.45, 2.75) is 157 Å². The minimum atomic E-state index is -0.366. The molecule has 0 saturated carbocycles. The van der Waals surface area contributed by atoms with Gasteiger partial charge in [0.2, 0.25) is 0 Å². The molecule has 0 amide bonds. The number of fused-ring (bicyclic) bond motifs is 14. The van der Waals surface area contributed by atoms with Crippen LogP contribution in [0, 0.1) is 0 Å². The molecule has 11 rings (SSSR count). The lowest BCUT2D eigenvalue weighted by atomic mass is 9.78. The number of hydrogen-bond donors (Lipinski definition) is 0. The van der Waals surface area contributed by atoms with Gasteiger partial charge in [0.15, 0.2) is 0 Å². The van der Waals surface area contributed by atoms with Gasteiger partial charge in [0.25, 0.3) is 0 Å². The Bertz CT molecular complexity index is 3600. The molecule has 4 nitrogen and oxygen atoms in total. The van der Waals surface area contributed by atoms with Crippen LogP contribution in [0.5, 0.6) is 11.5 Å². The molecule has 0 fully saturated rings. The van der Waals surface area contributed by atoms with Crippen molar-refractivity contribution < 1.29 is 9.47 Å². The number of ether oxygens (including phenoxy) is 2. The molecule has 7 aromatic carbocycles. The SMILES string of the molecule is CC(C)(C)Oc1ccc2c(c1)c1c3c4cccc(-c5cc(C(C)(C)C)cc(C(C)(C)C)c5)c4n4c5ccc(OC(C)(C)C)cc5c(c5c6cccc(-c7cc(C(C)(C)C)cc(C(C)(C)C)c7)c6n2c15)c34. The average Bonchev–Trinajstić information content (AvgIpc) is 3.96. The van der Waals surface area contributed by atoms with Gasteiger partial charge in [-0.05, 0) is 133 Å². The quantitative estimate of drug-likeness (QED) is 0.176. The molecule has 0 N–H and O–H groups in total. The summed E-state index contributed by atoms with van der Waals surface area (Å²) < 4.78 is 18.7. The van der Waals surface area contributed by atoms with Crippen LogP contribution in [0.1, 0.15) is 147 Å². The van der Waals surface area contributed by atoms with Crippen LogP contribution in [0.25, 0.3) is 98.4 Å². The Labute approximate surface area is 415 Å². The monoisotopic (exact) mass is 925 g/mol. The van der Waals surface area contributed by atoms with Gasteiger partial charge >= 0.3 is 0 Å². The first-order chi connectivity index (χ1) is 32.5. The van der Waals surface area contributed by atoms with Gasteiger partial charge in [-0.15, -0.1) is 0 Å². The maximum Gasteiger partial charge on any atom is 0.120 e. The van der Waals surface area contributed by atoms with E-state index in [-0.39, 0.29) is 32.9 Å². The maximum atomic E-state index is 6.74. The van der Waals surface area contributed by atoms with Crippen molar-refractivity contribution >= 4 is 76.2 Å². The van der Waals surface area contributed by atoms with E-state index in [0.717, 1.165) is 11.5 Å². The summed E-state index contributed by atoms with van der Waals surface area (Å²) in [6, 6.07) is 42.4. The minimum absolute atomic E-state index is 0.0326. The second kappa shape index (κ2) is 14.7. The molecule has 0 bridgehead atoms. The van der Waals surface area contributed by atoms with Crippen molar-refractivity contribution in [1.82, 2.24) is 8.80 Å². The van der Waals surface area contributed by atoms with E-state index in [4.69, 9.17) is 9.47 Å². The highest BCUT2D eigenvalue weighted by molar-refractivity contribution is 6.46. The molecule has 4 aromatic heterocycles. The Morgan fingerprint density at radius 3 is 0.929 bits per heavy atom. The normalized spacial score (nSPS) is 13.9. The highest BCUT2D eigenvalue weighted by Gasteiger charge is 2.32. The summed E-state index contributed by atoms with van der Waals surface area (Å²) in [6.07, 6.45) is 0. The van der Waals surface area contributed by atoms with Crippen LogP contribution in [0.4, 0.5) is 0 Å². The van der Waals surface area contributed by atoms with Crippen LogP contribution in [-0.4, -0.2) is 20.0 Å².